The number of sulfonamides is 1. The molecule has 1 aliphatic heterocycles. The van der Waals surface area contributed by atoms with E-state index in [1.54, 1.807) is 24.3 Å². The highest BCUT2D eigenvalue weighted by molar-refractivity contribution is 7.89. The molecule has 1 unspecified atom stereocenters. The van der Waals surface area contributed by atoms with Crippen LogP contribution in [0.15, 0.2) is 47.9 Å². The maximum absolute atomic E-state index is 14.8. The van der Waals surface area contributed by atoms with Crippen LogP contribution >= 0.6 is 0 Å². The van der Waals surface area contributed by atoms with E-state index in [-0.39, 0.29) is 35.7 Å². The summed E-state index contributed by atoms with van der Waals surface area (Å²) in [4.78, 5) is 69.7. The smallest absolute Gasteiger partial charge is 0.315 e. The number of Topliss-reactive ketones (excluding diaryl/α,β-unsaturated/α-hetero) is 1. The van der Waals surface area contributed by atoms with Crippen LogP contribution in [0.1, 0.15) is 98.8 Å². The molecular weight excluding hydrogens is 709 g/mol. The molecule has 2 saturated carbocycles. The first-order valence-electron chi connectivity index (χ1n) is 19.4. The summed E-state index contributed by atoms with van der Waals surface area (Å²) in [6.45, 7) is 13.8. The molecule has 0 bridgehead atoms. The van der Waals surface area contributed by atoms with Crippen LogP contribution < -0.4 is 21.7 Å². The Morgan fingerprint density at radius 3 is 2.09 bits per heavy atom. The number of allylic oxidation sites excluding steroid dienone is 1. The standard InChI is InChI=1S/C40H62N6O7S/c1-8-40(5,6)29-22-23-46(33(29)36(49)42-30(34(47)35(41)48)24-26-16-15-17-26)37(50)32(27-18-11-9-12-19-27)44-38(51)43-31(39(2,3)4)25-45(7)54(52,53)28-20-13-10-14-21-28/h8,10,13-14,20-21,26-27,29-33H,1,9,11-12,15-19,22-25H2,2-7H3,(H2,41,48)(H,42,49)(H2,43,44,51)/t29-,30?,31+,32-,33-/m0/s1. The van der Waals surface area contributed by atoms with Crippen LogP contribution in [0.2, 0.25) is 0 Å². The molecule has 300 valence electrons. The minimum absolute atomic E-state index is 0.0189. The fourth-order valence-corrected chi connectivity index (χ4v) is 9.25. The number of nitrogens with two attached hydrogens (primary N) is 1. The van der Waals surface area contributed by atoms with Crippen LogP contribution in [0.25, 0.3) is 0 Å². The Morgan fingerprint density at radius 1 is 0.926 bits per heavy atom. The van der Waals surface area contributed by atoms with Gasteiger partial charge >= 0.3 is 6.03 Å². The third-order valence-corrected chi connectivity index (χ3v) is 13.9. The second-order valence-corrected chi connectivity index (χ2v) is 19.3. The van der Waals surface area contributed by atoms with Gasteiger partial charge < -0.3 is 26.6 Å². The molecule has 2 aliphatic carbocycles. The van der Waals surface area contributed by atoms with E-state index in [0.29, 0.717) is 25.7 Å². The summed E-state index contributed by atoms with van der Waals surface area (Å²) in [7, 11) is -2.37. The van der Waals surface area contributed by atoms with Crippen molar-refractivity contribution in [2.75, 3.05) is 20.1 Å². The molecule has 0 spiro atoms. The fraction of sp³-hybridized carbons (Fsp3) is 0.675. The summed E-state index contributed by atoms with van der Waals surface area (Å²) in [5, 5.41) is 8.78. The van der Waals surface area contributed by atoms with Crippen molar-refractivity contribution in [3.8, 4) is 0 Å². The van der Waals surface area contributed by atoms with Gasteiger partial charge in [0.25, 0.3) is 5.91 Å². The number of rotatable bonds is 16. The van der Waals surface area contributed by atoms with Crippen molar-refractivity contribution in [2.24, 2.45) is 34.3 Å². The molecule has 0 radical (unpaired) electrons. The first kappa shape index (κ1) is 43.0. The predicted molar refractivity (Wildman–Crippen MR) is 207 cm³/mol. The SMILES string of the molecule is C=CC(C)(C)[C@H]1CCN(C(=O)[C@@H](NC(=O)N[C@H](CN(C)S(=O)(=O)c2ccccc2)C(C)(C)C)C2CCCCC2)[C@@H]1C(=O)NC(CC1CCC1)C(=O)C(N)=O. The quantitative estimate of drug-likeness (QED) is 0.144. The molecule has 5 N–H and O–H groups in total. The summed E-state index contributed by atoms with van der Waals surface area (Å²) >= 11 is 0. The largest absolute Gasteiger partial charge is 0.363 e. The lowest BCUT2D eigenvalue weighted by molar-refractivity contribution is -0.144. The molecule has 4 rings (SSSR count). The number of ketones is 1. The van der Waals surface area contributed by atoms with E-state index in [1.165, 1.54) is 28.4 Å². The second kappa shape index (κ2) is 17.8. The lowest BCUT2D eigenvalue weighted by Crippen LogP contribution is -2.61. The zero-order valence-electron chi connectivity index (χ0n) is 32.9. The van der Waals surface area contributed by atoms with Gasteiger partial charge in [-0.3, -0.25) is 19.2 Å². The summed E-state index contributed by atoms with van der Waals surface area (Å²) in [6.07, 6.45) is 9.55. The van der Waals surface area contributed by atoms with Crippen LogP contribution in [0.5, 0.6) is 0 Å². The Balaban J connectivity index is 1.60. The zero-order chi connectivity index (χ0) is 40.0. The number of likely N-dealkylation sites (tertiary alicyclic amines) is 1. The minimum atomic E-state index is -3.84. The highest BCUT2D eigenvalue weighted by Gasteiger charge is 2.50. The number of likely N-dealkylation sites (N-methyl/N-ethyl adjacent to an activating group) is 1. The maximum Gasteiger partial charge on any atom is 0.315 e. The van der Waals surface area contributed by atoms with E-state index >= 15 is 0 Å². The van der Waals surface area contributed by atoms with Crippen LogP contribution in [-0.4, -0.2) is 91.5 Å². The van der Waals surface area contributed by atoms with Gasteiger partial charge in [0.1, 0.15) is 12.1 Å². The molecule has 5 amide bonds. The molecule has 0 aromatic heterocycles. The topological polar surface area (TPSA) is 188 Å². The molecule has 13 nitrogen and oxygen atoms in total. The van der Waals surface area contributed by atoms with Crippen molar-refractivity contribution < 1.29 is 32.4 Å². The Bertz CT molecular complexity index is 1630. The molecule has 1 aromatic carbocycles. The van der Waals surface area contributed by atoms with Gasteiger partial charge in [-0.05, 0) is 66.4 Å². The molecule has 54 heavy (non-hydrogen) atoms. The lowest BCUT2D eigenvalue weighted by Gasteiger charge is -2.39. The first-order valence-corrected chi connectivity index (χ1v) is 20.9. The number of carbonyl (C=O) groups is 5. The van der Waals surface area contributed by atoms with Gasteiger partial charge in [-0.15, -0.1) is 6.58 Å². The van der Waals surface area contributed by atoms with Gasteiger partial charge in [-0.2, -0.15) is 4.31 Å². The van der Waals surface area contributed by atoms with Crippen LogP contribution in [0, 0.1) is 28.6 Å². The number of primary amides is 1. The van der Waals surface area contributed by atoms with Gasteiger partial charge in [-0.25, -0.2) is 13.2 Å². The van der Waals surface area contributed by atoms with E-state index in [9.17, 15) is 32.4 Å². The summed E-state index contributed by atoms with van der Waals surface area (Å²) in [5.74, 6) is -3.28. The van der Waals surface area contributed by atoms with Crippen LogP contribution in [0.4, 0.5) is 4.79 Å². The van der Waals surface area contributed by atoms with Crippen LogP contribution in [-0.2, 0) is 29.2 Å². The summed E-state index contributed by atoms with van der Waals surface area (Å²) in [5.41, 5.74) is 4.26. The molecule has 14 heteroatoms. The fourth-order valence-electron chi connectivity index (χ4n) is 8.05. The van der Waals surface area contributed by atoms with Crippen LogP contribution in [0.3, 0.4) is 0 Å². The van der Waals surface area contributed by atoms with Gasteiger partial charge in [0.05, 0.1) is 10.9 Å². The number of hydrogen-bond donors (Lipinski definition) is 4. The average molecular weight is 771 g/mol. The molecule has 1 saturated heterocycles. The Morgan fingerprint density at radius 2 is 1.56 bits per heavy atom. The number of urea groups is 1. The molecule has 5 atom stereocenters. The lowest BCUT2D eigenvalue weighted by atomic mass is 9.74. The monoisotopic (exact) mass is 770 g/mol. The van der Waals surface area contributed by atoms with E-state index in [4.69, 9.17) is 5.73 Å². The Kier molecular flexibility index (Phi) is 14.1. The van der Waals surface area contributed by atoms with E-state index in [0.717, 1.165) is 38.5 Å². The third-order valence-electron chi connectivity index (χ3n) is 12.0. The predicted octanol–water partition coefficient (Wildman–Crippen LogP) is 4.13. The molecule has 1 aromatic rings. The Labute approximate surface area is 321 Å². The molecule has 3 aliphatic rings. The highest BCUT2D eigenvalue weighted by atomic mass is 32.2. The highest BCUT2D eigenvalue weighted by Crippen LogP contribution is 2.41. The number of benzene rings is 1. The van der Waals surface area contributed by atoms with Gasteiger partial charge in [0, 0.05) is 26.2 Å². The van der Waals surface area contributed by atoms with Crippen molar-refractivity contribution in [2.45, 2.75) is 128 Å². The molecule has 1 heterocycles. The van der Waals surface area contributed by atoms with Crippen molar-refractivity contribution in [1.82, 2.24) is 25.2 Å². The van der Waals surface area contributed by atoms with Gasteiger partial charge in [0.15, 0.2) is 0 Å². The van der Waals surface area contributed by atoms with Crippen molar-refractivity contribution in [3.63, 3.8) is 0 Å². The first-order chi connectivity index (χ1) is 25.3. The van der Waals surface area contributed by atoms with E-state index < -0.39 is 74.6 Å². The second-order valence-electron chi connectivity index (χ2n) is 17.2. The number of amides is 5. The van der Waals surface area contributed by atoms with E-state index in [2.05, 4.69) is 22.5 Å². The Hall–Kier alpha value is -3.78. The third kappa shape index (κ3) is 10.3. The summed E-state index contributed by atoms with van der Waals surface area (Å²) in [6, 6.07) is 3.79. The summed E-state index contributed by atoms with van der Waals surface area (Å²) < 4.78 is 28.0. The number of carbonyl (C=O) groups excluding carboxylic acids is 5. The number of nitrogens with one attached hydrogen (secondary N) is 3. The minimum Gasteiger partial charge on any atom is -0.363 e. The maximum atomic E-state index is 14.8. The van der Waals surface area contributed by atoms with Crippen molar-refractivity contribution in [1.29, 1.82) is 0 Å². The van der Waals surface area contributed by atoms with Crippen molar-refractivity contribution >= 4 is 39.6 Å². The molecule has 3 fully saturated rings. The average Bonchev–Trinajstić information content (AvgIpc) is 3.57. The van der Waals surface area contributed by atoms with Gasteiger partial charge in [-0.1, -0.05) is 97.4 Å². The molecular formula is C40H62N6O7S. The van der Waals surface area contributed by atoms with Gasteiger partial charge in [0.2, 0.25) is 27.6 Å². The zero-order valence-corrected chi connectivity index (χ0v) is 33.8. The van der Waals surface area contributed by atoms with E-state index in [1.807, 2.05) is 34.6 Å². The number of hydrogen-bond acceptors (Lipinski definition) is 7. The number of nitrogens with zero attached hydrogens (tertiary/aromatic N) is 2. The normalized spacial score (nSPS) is 21.7. The van der Waals surface area contributed by atoms with Crippen molar-refractivity contribution in [3.05, 3.63) is 43.0 Å².